The van der Waals surface area contributed by atoms with Crippen LogP contribution in [0.5, 0.6) is 0 Å². The third-order valence-electron chi connectivity index (χ3n) is 3.59. The Bertz CT molecular complexity index is 377. The average Bonchev–Trinajstić information content (AvgIpc) is 2.35. The smallest absolute Gasteiger partial charge is 0.0471 e. The summed E-state index contributed by atoms with van der Waals surface area (Å²) in [4.78, 5) is 2.29. The zero-order chi connectivity index (χ0) is 13.7. The van der Waals surface area contributed by atoms with Gasteiger partial charge >= 0.3 is 0 Å². The minimum absolute atomic E-state index is 0.501. The lowest BCUT2D eigenvalue weighted by Gasteiger charge is -2.30. The molecule has 0 aliphatic heterocycles. The van der Waals surface area contributed by atoms with Crippen LogP contribution in [0.3, 0.4) is 0 Å². The molecule has 0 aromatic heterocycles. The van der Waals surface area contributed by atoms with E-state index in [9.17, 15) is 0 Å². The van der Waals surface area contributed by atoms with Crippen molar-refractivity contribution in [3.8, 4) is 0 Å². The lowest BCUT2D eigenvalue weighted by atomic mass is 10.0. The monoisotopic (exact) mass is 268 g/mol. The van der Waals surface area contributed by atoms with Gasteiger partial charge in [0.25, 0.3) is 0 Å². The van der Waals surface area contributed by atoms with Crippen molar-refractivity contribution in [3.05, 3.63) is 28.8 Å². The van der Waals surface area contributed by atoms with Crippen LogP contribution >= 0.6 is 11.6 Å². The molecule has 0 saturated carbocycles. The average molecular weight is 269 g/mol. The Hall–Kier alpha value is -0.730. The molecule has 1 aromatic rings. The van der Waals surface area contributed by atoms with E-state index in [2.05, 4.69) is 63.2 Å². The second-order valence-electron chi connectivity index (χ2n) is 5.15. The van der Waals surface area contributed by atoms with Gasteiger partial charge in [-0.1, -0.05) is 38.4 Å². The molecular formula is C15H25ClN2. The first-order valence-electron chi connectivity index (χ1n) is 6.69. The molecule has 0 spiro atoms. The molecule has 0 amide bonds. The second-order valence-corrected chi connectivity index (χ2v) is 5.56. The van der Waals surface area contributed by atoms with E-state index in [1.807, 2.05) is 0 Å². The van der Waals surface area contributed by atoms with Crippen LogP contribution < -0.4 is 10.2 Å². The van der Waals surface area contributed by atoms with Gasteiger partial charge in [0, 0.05) is 30.3 Å². The summed E-state index contributed by atoms with van der Waals surface area (Å²) < 4.78 is 0. The zero-order valence-corrected chi connectivity index (χ0v) is 12.9. The molecule has 102 valence electrons. The molecule has 3 heteroatoms. The number of halogens is 1. The van der Waals surface area contributed by atoms with E-state index in [-0.39, 0.29) is 0 Å². The van der Waals surface area contributed by atoms with E-state index in [1.54, 1.807) is 0 Å². The van der Waals surface area contributed by atoms with Crippen molar-refractivity contribution >= 4 is 17.3 Å². The third kappa shape index (κ3) is 3.89. The molecule has 0 saturated heterocycles. The van der Waals surface area contributed by atoms with E-state index < -0.39 is 0 Å². The fourth-order valence-corrected chi connectivity index (χ4v) is 2.08. The number of benzene rings is 1. The maximum Gasteiger partial charge on any atom is 0.0471 e. The topological polar surface area (TPSA) is 15.3 Å². The minimum Gasteiger partial charge on any atom is -0.372 e. The van der Waals surface area contributed by atoms with Crippen molar-refractivity contribution in [2.45, 2.75) is 40.3 Å². The van der Waals surface area contributed by atoms with Crippen molar-refractivity contribution in [3.63, 3.8) is 0 Å². The summed E-state index contributed by atoms with van der Waals surface area (Å²) in [6, 6.07) is 6.83. The number of nitrogens with one attached hydrogen (secondary N) is 1. The van der Waals surface area contributed by atoms with Crippen molar-refractivity contribution in [2.24, 2.45) is 5.92 Å². The van der Waals surface area contributed by atoms with Gasteiger partial charge in [-0.15, -0.1) is 0 Å². The molecule has 1 atom stereocenters. The molecule has 18 heavy (non-hydrogen) atoms. The van der Waals surface area contributed by atoms with Crippen LogP contribution in [0, 0.1) is 5.92 Å². The van der Waals surface area contributed by atoms with E-state index in [0.29, 0.717) is 12.0 Å². The molecule has 0 aliphatic carbocycles. The first-order chi connectivity index (χ1) is 8.47. The van der Waals surface area contributed by atoms with Gasteiger partial charge < -0.3 is 10.2 Å². The highest BCUT2D eigenvalue weighted by molar-refractivity contribution is 6.31. The standard InChI is InChI=1S/C15H25ClN2/c1-6-17-10-13-7-8-14(9-15(13)16)18(5)12(4)11(2)3/h7-9,11-12,17H,6,10H2,1-5H3. The number of anilines is 1. The second kappa shape index (κ2) is 7.01. The van der Waals surface area contributed by atoms with Crippen molar-refractivity contribution in [1.29, 1.82) is 0 Å². The Labute approximate surface area is 116 Å². The minimum atomic E-state index is 0.501. The Morgan fingerprint density at radius 1 is 1.28 bits per heavy atom. The maximum absolute atomic E-state index is 6.33. The van der Waals surface area contributed by atoms with Gasteiger partial charge in [-0.05, 0) is 37.1 Å². The van der Waals surface area contributed by atoms with Crippen LogP contribution in [0.2, 0.25) is 5.02 Å². The summed E-state index contributed by atoms with van der Waals surface area (Å²) in [5.41, 5.74) is 2.34. The lowest BCUT2D eigenvalue weighted by Crippen LogP contribution is -2.33. The van der Waals surface area contributed by atoms with Crippen LogP contribution in [-0.2, 0) is 6.54 Å². The zero-order valence-electron chi connectivity index (χ0n) is 12.1. The van der Waals surface area contributed by atoms with Crippen LogP contribution in [0.15, 0.2) is 18.2 Å². The summed E-state index contributed by atoms with van der Waals surface area (Å²) in [5, 5.41) is 4.14. The normalized spacial score (nSPS) is 12.8. The van der Waals surface area contributed by atoms with Crippen LogP contribution in [0.1, 0.15) is 33.3 Å². The molecule has 1 unspecified atom stereocenters. The first-order valence-corrected chi connectivity index (χ1v) is 7.07. The molecule has 1 N–H and O–H groups in total. The van der Waals surface area contributed by atoms with Gasteiger partial charge in [0.05, 0.1) is 0 Å². The molecule has 0 radical (unpaired) electrons. The fraction of sp³-hybridized carbons (Fsp3) is 0.600. The van der Waals surface area contributed by atoms with E-state index in [0.717, 1.165) is 23.7 Å². The molecule has 0 bridgehead atoms. The highest BCUT2D eigenvalue weighted by atomic mass is 35.5. The highest BCUT2D eigenvalue weighted by Crippen LogP contribution is 2.25. The summed E-state index contributed by atoms with van der Waals surface area (Å²) in [6.07, 6.45) is 0. The Kier molecular flexibility index (Phi) is 5.97. The van der Waals surface area contributed by atoms with Gasteiger partial charge in [-0.2, -0.15) is 0 Å². The number of rotatable bonds is 6. The molecule has 0 heterocycles. The van der Waals surface area contributed by atoms with Crippen LogP contribution in [0.4, 0.5) is 5.69 Å². The predicted octanol–water partition coefficient (Wildman–Crippen LogP) is 3.93. The molecule has 2 nitrogen and oxygen atoms in total. The summed E-state index contributed by atoms with van der Waals surface area (Å²) >= 11 is 6.33. The summed E-state index contributed by atoms with van der Waals surface area (Å²) in [6.45, 7) is 10.6. The predicted molar refractivity (Wildman–Crippen MR) is 81.5 cm³/mol. The van der Waals surface area contributed by atoms with Crippen LogP contribution in [-0.4, -0.2) is 19.6 Å². The molecular weight excluding hydrogens is 244 g/mol. The van der Waals surface area contributed by atoms with E-state index in [1.165, 1.54) is 5.69 Å². The maximum atomic E-state index is 6.33. The summed E-state index contributed by atoms with van der Waals surface area (Å²) in [5.74, 6) is 0.621. The van der Waals surface area contributed by atoms with Gasteiger partial charge in [0.2, 0.25) is 0 Å². The molecule has 0 aliphatic rings. The van der Waals surface area contributed by atoms with Crippen molar-refractivity contribution in [1.82, 2.24) is 5.32 Å². The third-order valence-corrected chi connectivity index (χ3v) is 3.94. The van der Waals surface area contributed by atoms with E-state index in [4.69, 9.17) is 11.6 Å². The van der Waals surface area contributed by atoms with Gasteiger partial charge in [-0.3, -0.25) is 0 Å². The molecule has 1 rings (SSSR count). The van der Waals surface area contributed by atoms with Gasteiger partial charge in [0.15, 0.2) is 0 Å². The van der Waals surface area contributed by atoms with Gasteiger partial charge in [-0.25, -0.2) is 0 Å². The number of nitrogens with zero attached hydrogens (tertiary/aromatic N) is 1. The van der Waals surface area contributed by atoms with Gasteiger partial charge in [0.1, 0.15) is 0 Å². The Morgan fingerprint density at radius 2 is 1.94 bits per heavy atom. The first kappa shape index (κ1) is 15.3. The molecule has 1 aromatic carbocycles. The van der Waals surface area contributed by atoms with E-state index >= 15 is 0 Å². The van der Waals surface area contributed by atoms with Crippen molar-refractivity contribution < 1.29 is 0 Å². The van der Waals surface area contributed by atoms with Crippen LogP contribution in [0.25, 0.3) is 0 Å². The quantitative estimate of drug-likeness (QED) is 0.841. The summed E-state index contributed by atoms with van der Waals surface area (Å²) in [7, 11) is 2.13. The Balaban J connectivity index is 2.83. The van der Waals surface area contributed by atoms with Crippen molar-refractivity contribution in [2.75, 3.05) is 18.5 Å². The number of hydrogen-bond acceptors (Lipinski definition) is 2. The SMILES string of the molecule is CCNCc1ccc(N(C)C(C)C(C)C)cc1Cl. The highest BCUT2D eigenvalue weighted by Gasteiger charge is 2.14. The molecule has 0 fully saturated rings. The Morgan fingerprint density at radius 3 is 2.44 bits per heavy atom. The number of hydrogen-bond donors (Lipinski definition) is 1. The fourth-order valence-electron chi connectivity index (χ4n) is 1.84. The lowest BCUT2D eigenvalue weighted by molar-refractivity contribution is 0.505. The largest absolute Gasteiger partial charge is 0.372 e.